The highest BCUT2D eigenvalue weighted by atomic mass is 16.2. The smallest absolute Gasteiger partial charge is 0.271 e. The van der Waals surface area contributed by atoms with Crippen LogP contribution in [-0.2, 0) is 6.54 Å². The van der Waals surface area contributed by atoms with Crippen LogP contribution in [0.15, 0.2) is 47.6 Å². The lowest BCUT2D eigenvalue weighted by molar-refractivity contribution is 0.0955. The molecule has 0 aliphatic rings. The lowest BCUT2D eigenvalue weighted by atomic mass is 10.2. The highest BCUT2D eigenvalue weighted by Gasteiger charge is 2.10. The van der Waals surface area contributed by atoms with Gasteiger partial charge in [-0.15, -0.1) is 0 Å². The molecule has 0 spiro atoms. The molecule has 1 N–H and O–H groups in total. The van der Waals surface area contributed by atoms with Gasteiger partial charge in [0, 0.05) is 30.9 Å². The third-order valence-electron chi connectivity index (χ3n) is 4.92. The second-order valence-corrected chi connectivity index (χ2v) is 6.57. The molecule has 146 valence electrons. The van der Waals surface area contributed by atoms with E-state index in [0.717, 1.165) is 42.1 Å². The molecule has 6 heteroatoms. The first-order valence-corrected chi connectivity index (χ1v) is 9.72. The number of hydrazone groups is 1. The van der Waals surface area contributed by atoms with Gasteiger partial charge in [0.05, 0.1) is 17.2 Å². The van der Waals surface area contributed by atoms with Crippen LogP contribution in [0.25, 0.3) is 11.0 Å². The Bertz CT molecular complexity index is 984. The van der Waals surface area contributed by atoms with E-state index in [-0.39, 0.29) is 5.91 Å². The molecular weight excluding hydrogens is 350 g/mol. The fraction of sp³-hybridized carbons (Fsp3) is 0.318. The first-order valence-electron chi connectivity index (χ1n) is 9.72. The molecule has 0 saturated carbocycles. The third-order valence-corrected chi connectivity index (χ3v) is 4.92. The maximum Gasteiger partial charge on any atom is 0.271 e. The van der Waals surface area contributed by atoms with E-state index in [0.29, 0.717) is 5.56 Å². The Labute approximate surface area is 165 Å². The van der Waals surface area contributed by atoms with Crippen LogP contribution in [0.1, 0.15) is 42.5 Å². The molecule has 28 heavy (non-hydrogen) atoms. The number of nitrogens with zero attached hydrogens (tertiary/aromatic N) is 4. The van der Waals surface area contributed by atoms with Gasteiger partial charge in [-0.2, -0.15) is 5.10 Å². The van der Waals surface area contributed by atoms with Crippen LogP contribution >= 0.6 is 0 Å². The fourth-order valence-electron chi connectivity index (χ4n) is 3.38. The van der Waals surface area contributed by atoms with E-state index in [9.17, 15) is 4.79 Å². The van der Waals surface area contributed by atoms with Crippen LogP contribution in [0.5, 0.6) is 0 Å². The lowest BCUT2D eigenvalue weighted by Crippen LogP contribution is -2.21. The van der Waals surface area contributed by atoms with E-state index in [1.54, 1.807) is 18.3 Å². The summed E-state index contributed by atoms with van der Waals surface area (Å²) in [5.41, 5.74) is 7.11. The van der Waals surface area contributed by atoms with Crippen molar-refractivity contribution in [1.82, 2.24) is 15.0 Å². The SMILES string of the molecule is CCN(CC)c1ccc(/C=N/NC(=O)c2ccc3c(c2)nc(C)n3CC)cc1. The summed E-state index contributed by atoms with van der Waals surface area (Å²) in [6.07, 6.45) is 1.65. The van der Waals surface area contributed by atoms with Gasteiger partial charge >= 0.3 is 0 Å². The van der Waals surface area contributed by atoms with Gasteiger partial charge in [-0.05, 0) is 63.6 Å². The van der Waals surface area contributed by atoms with Crippen molar-refractivity contribution in [2.24, 2.45) is 5.10 Å². The van der Waals surface area contributed by atoms with Gasteiger partial charge in [0.25, 0.3) is 5.91 Å². The molecule has 0 saturated heterocycles. The average molecular weight is 377 g/mol. The van der Waals surface area contributed by atoms with Crippen molar-refractivity contribution in [1.29, 1.82) is 0 Å². The predicted octanol–water partition coefficient (Wildman–Crippen LogP) is 3.97. The summed E-state index contributed by atoms with van der Waals surface area (Å²) in [5.74, 6) is 0.697. The van der Waals surface area contributed by atoms with Gasteiger partial charge < -0.3 is 9.47 Å². The molecule has 2 aromatic carbocycles. The number of anilines is 1. The number of hydrogen-bond donors (Lipinski definition) is 1. The van der Waals surface area contributed by atoms with Crippen LogP contribution in [0, 0.1) is 6.92 Å². The Kier molecular flexibility index (Phi) is 6.09. The number of aromatic nitrogens is 2. The van der Waals surface area contributed by atoms with Crippen LogP contribution in [0.4, 0.5) is 5.69 Å². The minimum Gasteiger partial charge on any atom is -0.372 e. The number of nitrogens with one attached hydrogen (secondary N) is 1. The van der Waals surface area contributed by atoms with E-state index in [2.05, 4.69) is 57.9 Å². The molecule has 1 heterocycles. The van der Waals surface area contributed by atoms with Crippen LogP contribution < -0.4 is 10.3 Å². The number of amides is 1. The maximum atomic E-state index is 12.4. The number of imidazole rings is 1. The molecule has 0 fully saturated rings. The zero-order chi connectivity index (χ0) is 20.1. The molecule has 3 aromatic rings. The van der Waals surface area contributed by atoms with Gasteiger partial charge in [0.1, 0.15) is 5.82 Å². The van der Waals surface area contributed by atoms with Crippen molar-refractivity contribution in [2.45, 2.75) is 34.2 Å². The van der Waals surface area contributed by atoms with Crippen molar-refractivity contribution in [3.8, 4) is 0 Å². The Morgan fingerprint density at radius 2 is 1.86 bits per heavy atom. The van der Waals surface area contributed by atoms with E-state index < -0.39 is 0 Å². The third kappa shape index (κ3) is 4.06. The number of carbonyl (C=O) groups excluding carboxylic acids is 1. The Morgan fingerprint density at radius 1 is 1.14 bits per heavy atom. The van der Waals surface area contributed by atoms with Gasteiger partial charge in [0.2, 0.25) is 0 Å². The summed E-state index contributed by atoms with van der Waals surface area (Å²) in [7, 11) is 0. The molecule has 0 bridgehead atoms. The van der Waals surface area contributed by atoms with Crippen molar-refractivity contribution in [2.75, 3.05) is 18.0 Å². The maximum absolute atomic E-state index is 12.4. The number of aryl methyl sites for hydroxylation is 2. The average Bonchev–Trinajstić information content (AvgIpc) is 3.04. The first-order chi connectivity index (χ1) is 13.6. The first kappa shape index (κ1) is 19.6. The summed E-state index contributed by atoms with van der Waals surface area (Å²) in [6.45, 7) is 11.1. The minimum absolute atomic E-state index is 0.249. The Morgan fingerprint density at radius 3 is 2.50 bits per heavy atom. The van der Waals surface area contributed by atoms with Crippen LogP contribution in [0.3, 0.4) is 0 Å². The fourth-order valence-corrected chi connectivity index (χ4v) is 3.38. The van der Waals surface area contributed by atoms with E-state index in [4.69, 9.17) is 0 Å². The largest absolute Gasteiger partial charge is 0.372 e. The van der Waals surface area contributed by atoms with Crippen molar-refractivity contribution < 1.29 is 4.79 Å². The quantitative estimate of drug-likeness (QED) is 0.500. The monoisotopic (exact) mass is 377 g/mol. The molecular formula is C22H27N5O. The number of benzene rings is 2. The lowest BCUT2D eigenvalue weighted by Gasteiger charge is -2.20. The van der Waals surface area contributed by atoms with E-state index in [1.807, 2.05) is 25.1 Å². The Balaban J connectivity index is 1.67. The molecule has 1 aromatic heterocycles. The summed E-state index contributed by atoms with van der Waals surface area (Å²) in [6, 6.07) is 13.7. The van der Waals surface area contributed by atoms with E-state index >= 15 is 0 Å². The standard InChI is InChI=1S/C22H27N5O/c1-5-26(6-2)19-11-8-17(9-12-19)15-23-25-22(28)18-10-13-21-20(14-18)24-16(4)27(21)7-3/h8-15H,5-7H2,1-4H3,(H,25,28)/b23-15+. The van der Waals surface area contributed by atoms with Crippen LogP contribution in [-0.4, -0.2) is 34.8 Å². The van der Waals surface area contributed by atoms with Crippen molar-refractivity contribution in [3.05, 3.63) is 59.4 Å². The van der Waals surface area contributed by atoms with Crippen LogP contribution in [0.2, 0.25) is 0 Å². The molecule has 1 amide bonds. The molecule has 0 unspecified atom stereocenters. The summed E-state index contributed by atoms with van der Waals surface area (Å²) in [4.78, 5) is 19.2. The minimum atomic E-state index is -0.249. The molecule has 6 nitrogen and oxygen atoms in total. The normalized spacial score (nSPS) is 11.3. The summed E-state index contributed by atoms with van der Waals surface area (Å²) >= 11 is 0. The van der Waals surface area contributed by atoms with Gasteiger partial charge in [0.15, 0.2) is 0 Å². The highest BCUT2D eigenvalue weighted by Crippen LogP contribution is 2.18. The van der Waals surface area contributed by atoms with Crippen molar-refractivity contribution >= 4 is 28.8 Å². The van der Waals surface area contributed by atoms with Crippen molar-refractivity contribution in [3.63, 3.8) is 0 Å². The number of rotatable bonds is 7. The topological polar surface area (TPSA) is 62.5 Å². The predicted molar refractivity (Wildman–Crippen MR) is 115 cm³/mol. The molecule has 0 aliphatic heterocycles. The van der Waals surface area contributed by atoms with Gasteiger partial charge in [-0.1, -0.05) is 12.1 Å². The highest BCUT2D eigenvalue weighted by molar-refractivity contribution is 5.98. The van der Waals surface area contributed by atoms with E-state index in [1.165, 1.54) is 5.69 Å². The number of fused-ring (bicyclic) bond motifs is 1. The van der Waals surface area contributed by atoms with Gasteiger partial charge in [-0.25, -0.2) is 10.4 Å². The molecule has 3 rings (SSSR count). The molecule has 0 atom stereocenters. The molecule has 0 radical (unpaired) electrons. The second-order valence-electron chi connectivity index (χ2n) is 6.57. The zero-order valence-electron chi connectivity index (χ0n) is 16.9. The molecule has 0 aliphatic carbocycles. The number of hydrogen-bond acceptors (Lipinski definition) is 4. The zero-order valence-corrected chi connectivity index (χ0v) is 16.9. The summed E-state index contributed by atoms with van der Waals surface area (Å²) in [5, 5.41) is 4.09. The van der Waals surface area contributed by atoms with Gasteiger partial charge in [-0.3, -0.25) is 4.79 Å². The Hall–Kier alpha value is -3.15. The number of carbonyl (C=O) groups is 1. The second kappa shape index (κ2) is 8.69. The summed E-state index contributed by atoms with van der Waals surface area (Å²) < 4.78 is 2.12.